The molecule has 12 atom stereocenters. The van der Waals surface area contributed by atoms with Crippen LogP contribution in [-0.4, -0.2) is 80.2 Å². The number of hydroxylamine groups is 1. The van der Waals surface area contributed by atoms with Crippen LogP contribution in [0.1, 0.15) is 83.5 Å². The third kappa shape index (κ3) is 9.83. The molecule has 45 heavy (non-hydrogen) atoms. The van der Waals surface area contributed by atoms with Crippen LogP contribution >= 0.6 is 23.2 Å². The lowest BCUT2D eigenvalue weighted by Gasteiger charge is -2.39. The molecule has 0 radical (unpaired) electrons. The van der Waals surface area contributed by atoms with Crippen LogP contribution in [0.3, 0.4) is 0 Å². The fraction of sp³-hybridized carbons (Fsp3) is 0.931. The zero-order valence-electron chi connectivity index (χ0n) is 25.3. The molecular weight excluding hydrogens is 635 g/mol. The summed E-state index contributed by atoms with van der Waals surface area (Å²) in [5.74, 6) is -2.79. The number of carbonyl (C=O) groups is 2. The number of halogens is 2. The van der Waals surface area contributed by atoms with Crippen molar-refractivity contribution in [2.24, 2.45) is 35.5 Å². The predicted molar refractivity (Wildman–Crippen MR) is 163 cm³/mol. The van der Waals surface area contributed by atoms with Crippen molar-refractivity contribution in [3.8, 4) is 0 Å². The number of hydrogen-bond acceptors (Lipinski definition) is 10. The van der Waals surface area contributed by atoms with Crippen molar-refractivity contribution >= 4 is 35.1 Å². The molecule has 0 aromatic rings. The first-order valence-electron chi connectivity index (χ1n) is 16.2. The second kappa shape index (κ2) is 16.8. The molecule has 14 nitrogen and oxygen atoms in total. The number of amides is 1. The van der Waals surface area contributed by atoms with Crippen LogP contribution in [0.2, 0.25) is 0 Å². The summed E-state index contributed by atoms with van der Waals surface area (Å²) in [5.41, 5.74) is 3.09. The molecule has 4 fully saturated rings. The Hall–Kier alpha value is -1.84. The normalized spacial score (nSPS) is 39.1. The summed E-state index contributed by atoms with van der Waals surface area (Å²) in [5, 5.41) is 43.5. The van der Waals surface area contributed by atoms with Crippen molar-refractivity contribution in [1.29, 1.82) is 0 Å². The molecule has 0 aromatic carbocycles. The van der Waals surface area contributed by atoms with E-state index in [-0.39, 0.29) is 72.1 Å². The summed E-state index contributed by atoms with van der Waals surface area (Å²) in [6, 6.07) is -1.90. The molecule has 4 aliphatic carbocycles. The first-order chi connectivity index (χ1) is 21.5. The minimum Gasteiger partial charge on any atom is -0.481 e. The molecule has 4 saturated carbocycles. The molecule has 4 rings (SSSR count). The number of nitro groups is 2. The van der Waals surface area contributed by atoms with Crippen molar-refractivity contribution < 1.29 is 39.5 Å². The average molecular weight is 682 g/mol. The molecule has 1 amide bonds. The number of hydrogen-bond donors (Lipinski definition) is 4. The van der Waals surface area contributed by atoms with Crippen LogP contribution in [0, 0.1) is 55.7 Å². The highest BCUT2D eigenvalue weighted by Crippen LogP contribution is 2.39. The Kier molecular flexibility index (Phi) is 13.5. The maximum atomic E-state index is 13.1. The summed E-state index contributed by atoms with van der Waals surface area (Å²) in [6.45, 7) is 0.391. The molecule has 0 bridgehead atoms. The summed E-state index contributed by atoms with van der Waals surface area (Å²) in [4.78, 5) is 56.9. The molecule has 4 aliphatic rings. The van der Waals surface area contributed by atoms with Crippen molar-refractivity contribution in [2.45, 2.75) is 118 Å². The lowest BCUT2D eigenvalue weighted by molar-refractivity contribution is -0.529. The summed E-state index contributed by atoms with van der Waals surface area (Å²) >= 11 is 13.5. The number of nitrogens with one attached hydrogen (secondary N) is 2. The molecule has 0 saturated heterocycles. The van der Waals surface area contributed by atoms with Crippen LogP contribution < -0.4 is 10.8 Å². The van der Waals surface area contributed by atoms with E-state index in [1.54, 1.807) is 0 Å². The van der Waals surface area contributed by atoms with Gasteiger partial charge in [-0.15, -0.1) is 23.2 Å². The highest BCUT2D eigenvalue weighted by atomic mass is 35.5. The third-order valence-electron chi connectivity index (χ3n) is 10.8. The lowest BCUT2D eigenvalue weighted by atomic mass is 9.74. The van der Waals surface area contributed by atoms with Gasteiger partial charge in [0, 0.05) is 47.6 Å². The Labute approximate surface area is 272 Å². The third-order valence-corrected chi connectivity index (χ3v) is 11.7. The molecule has 0 aliphatic heterocycles. The number of rotatable bonds is 13. The van der Waals surface area contributed by atoms with E-state index in [0.29, 0.717) is 43.9 Å². The van der Waals surface area contributed by atoms with E-state index in [1.165, 1.54) is 0 Å². The minimum atomic E-state index is -1.10. The number of carboxylic acid groups (broad SMARTS) is 1. The van der Waals surface area contributed by atoms with Crippen molar-refractivity contribution in [3.63, 3.8) is 0 Å². The zero-order valence-corrected chi connectivity index (χ0v) is 26.9. The predicted octanol–water partition coefficient (Wildman–Crippen LogP) is 4.26. The van der Waals surface area contributed by atoms with Crippen LogP contribution in [-0.2, 0) is 19.3 Å². The second-order valence-electron chi connectivity index (χ2n) is 13.6. The van der Waals surface area contributed by atoms with Crippen molar-refractivity contribution in [2.75, 3.05) is 13.2 Å². The van der Waals surface area contributed by atoms with Gasteiger partial charge in [-0.25, -0.2) is 4.89 Å². The smallest absolute Gasteiger partial charge is 0.307 e. The van der Waals surface area contributed by atoms with Crippen molar-refractivity contribution in [1.82, 2.24) is 10.8 Å². The van der Waals surface area contributed by atoms with Gasteiger partial charge >= 0.3 is 5.97 Å². The lowest BCUT2D eigenvalue weighted by Crippen LogP contribution is -2.51. The van der Waals surface area contributed by atoms with E-state index < -0.39 is 40.7 Å². The Morgan fingerprint density at radius 3 is 1.93 bits per heavy atom. The molecule has 16 heteroatoms. The Morgan fingerprint density at radius 1 is 0.756 bits per heavy atom. The Bertz CT molecular complexity index is 1040. The molecular formula is C29H46Cl2N4O10. The van der Waals surface area contributed by atoms with E-state index >= 15 is 0 Å². The SMILES string of the molecule is O=C(O)C1CCC([N+](=O)[O-])CC1C(=O)NC1CCC(CC2CCC(NOCC3CC([N+](=O)[O-])CCC3COO)C(Cl)C2)CC1Cl. The van der Waals surface area contributed by atoms with E-state index in [1.807, 2.05) is 0 Å². The highest BCUT2D eigenvalue weighted by Gasteiger charge is 2.45. The fourth-order valence-corrected chi connectivity index (χ4v) is 8.95. The minimum absolute atomic E-state index is 0.0143. The van der Waals surface area contributed by atoms with Gasteiger partial charge < -0.3 is 15.3 Å². The molecule has 4 N–H and O–H groups in total. The number of carboxylic acids is 1. The fourth-order valence-electron chi connectivity index (χ4n) is 8.08. The van der Waals surface area contributed by atoms with Gasteiger partial charge in [-0.1, -0.05) is 0 Å². The topological polar surface area (TPSA) is 203 Å². The largest absolute Gasteiger partial charge is 0.481 e. The number of aliphatic carboxylic acids is 1. The summed E-state index contributed by atoms with van der Waals surface area (Å²) in [6.07, 6.45) is 7.36. The first-order valence-corrected chi connectivity index (χ1v) is 17.1. The average Bonchev–Trinajstić information content (AvgIpc) is 2.99. The number of carbonyl (C=O) groups excluding carboxylic acids is 1. The van der Waals surface area contributed by atoms with Gasteiger partial charge in [0.15, 0.2) is 0 Å². The van der Waals surface area contributed by atoms with Gasteiger partial charge in [0.05, 0.1) is 35.8 Å². The standard InChI is InChI=1S/C29H46Cl2N4O10/c30-24-10-16(1-7-26(24)32-28(36)23-13-21(35(41)42)5-6-22(23)29(37)38)9-17-2-8-27(25(31)11-17)33-44-14-19-12-20(34(39)40)4-3-18(19)15-45-43/h16-27,33,43H,1-15H2,(H,32,36)(H,37,38). The maximum Gasteiger partial charge on any atom is 0.307 e. The van der Waals surface area contributed by atoms with E-state index in [9.17, 15) is 34.9 Å². The Morgan fingerprint density at radius 2 is 1.36 bits per heavy atom. The second-order valence-corrected chi connectivity index (χ2v) is 14.8. The number of alkyl halides is 2. The van der Waals surface area contributed by atoms with Crippen LogP contribution in [0.25, 0.3) is 0 Å². The quantitative estimate of drug-likeness (QED) is 0.0936. The van der Waals surface area contributed by atoms with Crippen LogP contribution in [0.5, 0.6) is 0 Å². The molecule has 0 spiro atoms. The van der Waals surface area contributed by atoms with Gasteiger partial charge in [-0.3, -0.25) is 35.1 Å². The highest BCUT2D eigenvalue weighted by molar-refractivity contribution is 6.21. The van der Waals surface area contributed by atoms with Gasteiger partial charge in [0.1, 0.15) is 0 Å². The zero-order chi connectivity index (χ0) is 32.7. The van der Waals surface area contributed by atoms with Gasteiger partial charge in [-0.2, -0.15) is 5.48 Å². The van der Waals surface area contributed by atoms with Gasteiger partial charge in [-0.05, 0) is 81.5 Å². The van der Waals surface area contributed by atoms with Crippen LogP contribution in [0.4, 0.5) is 0 Å². The summed E-state index contributed by atoms with van der Waals surface area (Å²) in [7, 11) is 0. The molecule has 256 valence electrons. The summed E-state index contributed by atoms with van der Waals surface area (Å²) < 4.78 is 0. The Balaban J connectivity index is 1.18. The van der Waals surface area contributed by atoms with E-state index in [4.69, 9.17) is 33.3 Å². The number of nitrogens with zero attached hydrogens (tertiary/aromatic N) is 2. The molecule has 0 heterocycles. The maximum absolute atomic E-state index is 13.1. The van der Waals surface area contributed by atoms with E-state index in [0.717, 1.165) is 32.1 Å². The van der Waals surface area contributed by atoms with Crippen LogP contribution in [0.15, 0.2) is 0 Å². The van der Waals surface area contributed by atoms with Crippen molar-refractivity contribution in [3.05, 3.63) is 20.2 Å². The first kappa shape index (κ1) is 36.0. The molecule has 0 aromatic heterocycles. The monoisotopic (exact) mass is 680 g/mol. The van der Waals surface area contributed by atoms with E-state index in [2.05, 4.69) is 15.7 Å². The molecule has 12 unspecified atom stereocenters. The van der Waals surface area contributed by atoms with Gasteiger partial charge in [0.25, 0.3) is 0 Å². The van der Waals surface area contributed by atoms with Gasteiger partial charge in [0.2, 0.25) is 18.0 Å².